The van der Waals surface area contributed by atoms with Crippen LogP contribution < -0.4 is 10.1 Å². The first-order valence-corrected chi connectivity index (χ1v) is 7.64. The summed E-state index contributed by atoms with van der Waals surface area (Å²) in [6, 6.07) is 8.27. The molecule has 1 aromatic rings. The van der Waals surface area contributed by atoms with Gasteiger partial charge in [-0.2, -0.15) is 0 Å². The standard InChI is InChI=1S/C17H26N2O/c1-2-14-20-17-8-6-16(7-9-17)15-18-10-5-13-19-11-3-4-12-19/h2,6-9,18H,1,3-5,10-15H2. The zero-order chi connectivity index (χ0) is 14.0. The molecule has 0 aliphatic carbocycles. The second-order valence-electron chi connectivity index (χ2n) is 5.32. The topological polar surface area (TPSA) is 24.5 Å². The first kappa shape index (κ1) is 15.1. The number of ether oxygens (including phenoxy) is 1. The van der Waals surface area contributed by atoms with Crippen LogP contribution in [0.25, 0.3) is 0 Å². The molecule has 3 nitrogen and oxygen atoms in total. The van der Waals surface area contributed by atoms with Crippen molar-refractivity contribution in [1.29, 1.82) is 0 Å². The Labute approximate surface area is 122 Å². The van der Waals surface area contributed by atoms with E-state index in [0.29, 0.717) is 6.61 Å². The van der Waals surface area contributed by atoms with Gasteiger partial charge in [0.2, 0.25) is 0 Å². The van der Waals surface area contributed by atoms with Crippen LogP contribution >= 0.6 is 0 Å². The van der Waals surface area contributed by atoms with Gasteiger partial charge in [-0.05, 0) is 63.1 Å². The summed E-state index contributed by atoms with van der Waals surface area (Å²) >= 11 is 0. The van der Waals surface area contributed by atoms with Crippen molar-refractivity contribution >= 4 is 0 Å². The van der Waals surface area contributed by atoms with Gasteiger partial charge in [-0.25, -0.2) is 0 Å². The average Bonchev–Trinajstić information content (AvgIpc) is 2.99. The summed E-state index contributed by atoms with van der Waals surface area (Å²) in [7, 11) is 0. The fourth-order valence-corrected chi connectivity index (χ4v) is 2.53. The van der Waals surface area contributed by atoms with Gasteiger partial charge in [-0.1, -0.05) is 24.8 Å². The van der Waals surface area contributed by atoms with E-state index in [9.17, 15) is 0 Å². The minimum absolute atomic E-state index is 0.564. The van der Waals surface area contributed by atoms with Crippen LogP contribution in [0.15, 0.2) is 36.9 Å². The molecule has 2 rings (SSSR count). The quantitative estimate of drug-likeness (QED) is 0.553. The Morgan fingerprint density at radius 3 is 2.65 bits per heavy atom. The highest BCUT2D eigenvalue weighted by atomic mass is 16.5. The SMILES string of the molecule is C=CCOc1ccc(CNCCCN2CCCC2)cc1. The molecule has 0 atom stereocenters. The van der Waals surface area contributed by atoms with Gasteiger partial charge < -0.3 is 15.0 Å². The molecule has 1 saturated heterocycles. The first-order valence-electron chi connectivity index (χ1n) is 7.64. The molecule has 1 aliphatic heterocycles. The molecule has 20 heavy (non-hydrogen) atoms. The lowest BCUT2D eigenvalue weighted by Crippen LogP contribution is -2.24. The molecule has 1 heterocycles. The lowest BCUT2D eigenvalue weighted by Gasteiger charge is -2.14. The Kier molecular flexibility index (Phi) is 6.61. The van der Waals surface area contributed by atoms with Crippen molar-refractivity contribution in [3.8, 4) is 5.75 Å². The molecule has 3 heteroatoms. The van der Waals surface area contributed by atoms with E-state index in [1.165, 1.54) is 44.5 Å². The summed E-state index contributed by atoms with van der Waals surface area (Å²) in [6.45, 7) is 10.1. The molecule has 0 radical (unpaired) electrons. The van der Waals surface area contributed by atoms with E-state index in [-0.39, 0.29) is 0 Å². The molecule has 110 valence electrons. The van der Waals surface area contributed by atoms with E-state index in [1.807, 2.05) is 12.1 Å². The first-order chi connectivity index (χ1) is 9.88. The van der Waals surface area contributed by atoms with Gasteiger partial charge in [-0.15, -0.1) is 0 Å². The molecule has 1 N–H and O–H groups in total. The third kappa shape index (κ3) is 5.35. The van der Waals surface area contributed by atoms with Gasteiger partial charge in [0, 0.05) is 6.54 Å². The molecule has 0 saturated carbocycles. The van der Waals surface area contributed by atoms with Crippen molar-refractivity contribution in [2.24, 2.45) is 0 Å². The van der Waals surface area contributed by atoms with Crippen LogP contribution in [0.1, 0.15) is 24.8 Å². The largest absolute Gasteiger partial charge is 0.490 e. The highest BCUT2D eigenvalue weighted by molar-refractivity contribution is 5.27. The number of nitrogens with one attached hydrogen (secondary N) is 1. The van der Waals surface area contributed by atoms with E-state index >= 15 is 0 Å². The van der Waals surface area contributed by atoms with Crippen molar-refractivity contribution in [2.75, 3.05) is 32.8 Å². The molecule has 0 amide bonds. The molecule has 0 unspecified atom stereocenters. The van der Waals surface area contributed by atoms with Crippen molar-refractivity contribution in [1.82, 2.24) is 10.2 Å². The molecule has 0 bridgehead atoms. The molecule has 1 fully saturated rings. The minimum atomic E-state index is 0.564. The van der Waals surface area contributed by atoms with Crippen LogP contribution in [-0.4, -0.2) is 37.7 Å². The predicted molar refractivity (Wildman–Crippen MR) is 84.1 cm³/mol. The number of rotatable bonds is 9. The highest BCUT2D eigenvalue weighted by Gasteiger charge is 2.09. The third-order valence-electron chi connectivity index (χ3n) is 3.65. The molecular formula is C17H26N2O. The number of hydrogen-bond acceptors (Lipinski definition) is 3. The summed E-state index contributed by atoms with van der Waals surface area (Å²) in [4.78, 5) is 2.56. The number of likely N-dealkylation sites (tertiary alicyclic amines) is 1. The normalized spacial score (nSPS) is 15.4. The lowest BCUT2D eigenvalue weighted by molar-refractivity contribution is 0.331. The Balaban J connectivity index is 1.57. The maximum absolute atomic E-state index is 5.47. The van der Waals surface area contributed by atoms with Crippen LogP contribution in [0, 0.1) is 0 Å². The van der Waals surface area contributed by atoms with Crippen molar-refractivity contribution in [2.45, 2.75) is 25.8 Å². The van der Waals surface area contributed by atoms with E-state index in [4.69, 9.17) is 4.74 Å². The van der Waals surface area contributed by atoms with Crippen molar-refractivity contribution in [3.05, 3.63) is 42.5 Å². The van der Waals surface area contributed by atoms with E-state index < -0.39 is 0 Å². The fourth-order valence-electron chi connectivity index (χ4n) is 2.53. The zero-order valence-corrected chi connectivity index (χ0v) is 12.3. The second kappa shape index (κ2) is 8.77. The van der Waals surface area contributed by atoms with Crippen LogP contribution in [0.3, 0.4) is 0 Å². The van der Waals surface area contributed by atoms with Gasteiger partial charge in [0.15, 0.2) is 0 Å². The monoisotopic (exact) mass is 274 g/mol. The summed E-state index contributed by atoms with van der Waals surface area (Å²) in [5.74, 6) is 0.905. The Morgan fingerprint density at radius 1 is 1.20 bits per heavy atom. The van der Waals surface area contributed by atoms with Gasteiger partial charge in [0.05, 0.1) is 0 Å². The van der Waals surface area contributed by atoms with E-state index in [2.05, 4.69) is 28.9 Å². The molecule has 0 aromatic heterocycles. The van der Waals surface area contributed by atoms with E-state index in [1.54, 1.807) is 6.08 Å². The van der Waals surface area contributed by atoms with Crippen LogP contribution in [-0.2, 0) is 6.54 Å². The van der Waals surface area contributed by atoms with Gasteiger partial charge in [0.25, 0.3) is 0 Å². The van der Waals surface area contributed by atoms with Gasteiger partial charge in [-0.3, -0.25) is 0 Å². The molecule has 0 spiro atoms. The van der Waals surface area contributed by atoms with Gasteiger partial charge in [0.1, 0.15) is 12.4 Å². The van der Waals surface area contributed by atoms with Crippen molar-refractivity contribution in [3.63, 3.8) is 0 Å². The fraction of sp³-hybridized carbons (Fsp3) is 0.529. The number of nitrogens with zero attached hydrogens (tertiary/aromatic N) is 1. The maximum Gasteiger partial charge on any atom is 0.119 e. The lowest BCUT2D eigenvalue weighted by atomic mass is 10.2. The smallest absolute Gasteiger partial charge is 0.119 e. The average molecular weight is 274 g/mol. The summed E-state index contributed by atoms with van der Waals surface area (Å²) < 4.78 is 5.47. The molecular weight excluding hydrogens is 248 g/mol. The Morgan fingerprint density at radius 2 is 1.95 bits per heavy atom. The third-order valence-corrected chi connectivity index (χ3v) is 3.65. The van der Waals surface area contributed by atoms with Crippen LogP contribution in [0.4, 0.5) is 0 Å². The highest BCUT2D eigenvalue weighted by Crippen LogP contribution is 2.12. The number of hydrogen-bond donors (Lipinski definition) is 1. The zero-order valence-electron chi connectivity index (χ0n) is 12.3. The van der Waals surface area contributed by atoms with Gasteiger partial charge >= 0.3 is 0 Å². The summed E-state index contributed by atoms with van der Waals surface area (Å²) in [5, 5.41) is 3.50. The molecule has 1 aromatic carbocycles. The maximum atomic E-state index is 5.47. The number of benzene rings is 1. The summed E-state index contributed by atoms with van der Waals surface area (Å²) in [6.07, 6.45) is 5.76. The van der Waals surface area contributed by atoms with Crippen LogP contribution in [0.2, 0.25) is 0 Å². The Hall–Kier alpha value is -1.32. The van der Waals surface area contributed by atoms with E-state index in [0.717, 1.165) is 18.8 Å². The van der Waals surface area contributed by atoms with Crippen LogP contribution in [0.5, 0.6) is 5.75 Å². The second-order valence-corrected chi connectivity index (χ2v) is 5.32. The van der Waals surface area contributed by atoms with Crippen molar-refractivity contribution < 1.29 is 4.74 Å². The summed E-state index contributed by atoms with van der Waals surface area (Å²) in [5.41, 5.74) is 1.30. The minimum Gasteiger partial charge on any atom is -0.490 e. The molecule has 1 aliphatic rings. The predicted octanol–water partition coefficient (Wildman–Crippen LogP) is 2.83. The Bertz CT molecular complexity index is 382.